The van der Waals surface area contributed by atoms with Gasteiger partial charge < -0.3 is 38.9 Å². The molecule has 2 aromatic heterocycles. The van der Waals surface area contributed by atoms with Crippen molar-refractivity contribution in [3.05, 3.63) is 54.5 Å². The molecule has 4 aromatic rings. The molecule has 12 heteroatoms. The summed E-state index contributed by atoms with van der Waals surface area (Å²) in [5.74, 6) is 1.69. The molecule has 2 aromatic carbocycles. The first-order valence-electron chi connectivity index (χ1n) is 14.3. The van der Waals surface area contributed by atoms with E-state index in [2.05, 4.69) is 30.5 Å². The molecule has 0 atom stereocenters. The molecule has 0 aliphatic carbocycles. The minimum absolute atomic E-state index is 0.0279. The van der Waals surface area contributed by atoms with Gasteiger partial charge in [-0.15, -0.1) is 0 Å². The number of hydrogen-bond donors (Lipinski definition) is 2. The molecule has 1 saturated heterocycles. The maximum atomic E-state index is 15.1. The molecule has 1 aliphatic heterocycles. The quantitative estimate of drug-likeness (QED) is 0.202. The van der Waals surface area contributed by atoms with Crippen LogP contribution in [0, 0.1) is 5.82 Å². The highest BCUT2D eigenvalue weighted by Crippen LogP contribution is 2.37. The van der Waals surface area contributed by atoms with Gasteiger partial charge in [-0.1, -0.05) is 0 Å². The number of ether oxygens (including phenoxy) is 4. The van der Waals surface area contributed by atoms with E-state index in [9.17, 15) is 0 Å². The fourth-order valence-corrected chi connectivity index (χ4v) is 4.86. The molecule has 5 rings (SSSR count). The molecule has 0 spiro atoms. The van der Waals surface area contributed by atoms with Crippen molar-refractivity contribution < 1.29 is 27.8 Å². The zero-order chi connectivity index (χ0) is 30.2. The van der Waals surface area contributed by atoms with Crippen LogP contribution < -0.4 is 24.8 Å². The highest BCUT2D eigenvalue weighted by molar-refractivity contribution is 5.78. The predicted octanol–water partition coefficient (Wildman–Crippen LogP) is 5.62. The molecule has 1 fully saturated rings. The minimum Gasteiger partial charge on any atom is -0.497 e. The van der Waals surface area contributed by atoms with Crippen LogP contribution in [0.3, 0.4) is 0 Å². The van der Waals surface area contributed by atoms with Crippen LogP contribution in [0.25, 0.3) is 22.7 Å². The third kappa shape index (κ3) is 7.51. The maximum absolute atomic E-state index is 15.1. The molecule has 0 bridgehead atoms. The van der Waals surface area contributed by atoms with Crippen LogP contribution in [-0.4, -0.2) is 80.1 Å². The summed E-state index contributed by atoms with van der Waals surface area (Å²) in [5, 5.41) is 6.19. The number of nitrogens with zero attached hydrogens (tertiary/aromatic N) is 4. The fraction of sp³-hybridized carbons (Fsp3) is 0.387. The molecule has 1 aliphatic rings. The Bertz CT molecular complexity index is 1490. The van der Waals surface area contributed by atoms with Crippen molar-refractivity contribution >= 4 is 17.7 Å². The van der Waals surface area contributed by atoms with Crippen molar-refractivity contribution in [1.82, 2.24) is 19.9 Å². The first-order valence-corrected chi connectivity index (χ1v) is 14.3. The van der Waals surface area contributed by atoms with Gasteiger partial charge in [0.15, 0.2) is 17.3 Å². The SMILES string of the molecule is CCNc1nc(-c2cc(OC)cc(OC)c2)c(-c2ccnc(Nc3ccc(OC4CCN(CCOC)CC4)c(F)c3)n2)o1. The predicted molar refractivity (Wildman–Crippen MR) is 162 cm³/mol. The number of halogens is 1. The van der Waals surface area contributed by atoms with Gasteiger partial charge in [0.05, 0.1) is 20.8 Å². The third-order valence-electron chi connectivity index (χ3n) is 7.10. The van der Waals surface area contributed by atoms with E-state index in [4.69, 9.17) is 23.4 Å². The van der Waals surface area contributed by atoms with Crippen LogP contribution in [0.1, 0.15) is 19.8 Å². The number of hydrogen-bond acceptors (Lipinski definition) is 11. The van der Waals surface area contributed by atoms with Gasteiger partial charge in [0.1, 0.15) is 29.0 Å². The van der Waals surface area contributed by atoms with Crippen molar-refractivity contribution in [2.24, 2.45) is 0 Å². The monoisotopic (exact) mass is 592 g/mol. The van der Waals surface area contributed by atoms with Gasteiger partial charge in [-0.05, 0) is 50.1 Å². The Morgan fingerprint density at radius 2 is 1.77 bits per heavy atom. The number of benzene rings is 2. The normalized spacial score (nSPS) is 14.0. The summed E-state index contributed by atoms with van der Waals surface area (Å²) in [5.41, 5.74) is 2.25. The Balaban J connectivity index is 1.33. The molecule has 43 heavy (non-hydrogen) atoms. The van der Waals surface area contributed by atoms with Crippen LogP contribution in [-0.2, 0) is 4.74 Å². The molecular formula is C31H37FN6O5. The van der Waals surface area contributed by atoms with Crippen molar-refractivity contribution in [3.63, 3.8) is 0 Å². The van der Waals surface area contributed by atoms with Gasteiger partial charge in [-0.25, -0.2) is 14.4 Å². The van der Waals surface area contributed by atoms with Crippen molar-refractivity contribution in [2.75, 3.05) is 64.7 Å². The lowest BCUT2D eigenvalue weighted by atomic mass is 10.1. The molecule has 11 nitrogen and oxygen atoms in total. The second-order valence-corrected chi connectivity index (χ2v) is 10.0. The highest BCUT2D eigenvalue weighted by Gasteiger charge is 2.22. The number of rotatable bonds is 13. The number of anilines is 3. The molecule has 0 amide bonds. The molecule has 3 heterocycles. The zero-order valence-corrected chi connectivity index (χ0v) is 24.9. The average molecular weight is 593 g/mol. The maximum Gasteiger partial charge on any atom is 0.295 e. The highest BCUT2D eigenvalue weighted by atomic mass is 19.1. The van der Waals surface area contributed by atoms with E-state index in [1.165, 1.54) is 6.07 Å². The number of aromatic nitrogens is 3. The molecule has 0 unspecified atom stereocenters. The molecule has 0 saturated carbocycles. The van der Waals surface area contributed by atoms with Gasteiger partial charge in [0.25, 0.3) is 6.01 Å². The Morgan fingerprint density at radius 1 is 1.00 bits per heavy atom. The van der Waals surface area contributed by atoms with E-state index in [-0.39, 0.29) is 17.8 Å². The van der Waals surface area contributed by atoms with Gasteiger partial charge in [-0.3, -0.25) is 0 Å². The second kappa shape index (κ2) is 14.2. The second-order valence-electron chi connectivity index (χ2n) is 10.0. The molecule has 228 valence electrons. The summed E-state index contributed by atoms with van der Waals surface area (Å²) in [7, 11) is 4.88. The van der Waals surface area contributed by atoms with E-state index in [1.807, 2.05) is 19.1 Å². The average Bonchev–Trinajstić information content (AvgIpc) is 3.46. The van der Waals surface area contributed by atoms with Crippen LogP contribution in [0.15, 0.2) is 53.1 Å². The lowest BCUT2D eigenvalue weighted by Crippen LogP contribution is -2.39. The van der Waals surface area contributed by atoms with Gasteiger partial charge in [0.2, 0.25) is 5.95 Å². The lowest BCUT2D eigenvalue weighted by Gasteiger charge is -2.32. The standard InChI is InChI=1S/C31H37FN6O5/c1-5-33-31-37-28(20-16-23(40-3)19-24(17-20)41-4)29(43-31)26-8-11-34-30(36-26)35-21-6-7-27(25(32)18-21)42-22-9-12-38(13-10-22)14-15-39-2/h6-8,11,16-19,22H,5,9-10,12-15H2,1-4H3,(H,33,37)(H,34,35,36). The fourth-order valence-electron chi connectivity index (χ4n) is 4.86. The molecular weight excluding hydrogens is 555 g/mol. The van der Waals surface area contributed by atoms with Crippen LogP contribution in [0.4, 0.5) is 22.0 Å². The third-order valence-corrected chi connectivity index (χ3v) is 7.10. The first kappa shape index (κ1) is 30.1. The number of piperidine rings is 1. The van der Waals surface area contributed by atoms with E-state index >= 15 is 4.39 Å². The van der Waals surface area contributed by atoms with Crippen LogP contribution in [0.5, 0.6) is 17.2 Å². The summed E-state index contributed by atoms with van der Waals surface area (Å²) in [4.78, 5) is 16.0. The molecule has 0 radical (unpaired) electrons. The number of oxazole rings is 1. The Morgan fingerprint density at radius 3 is 2.44 bits per heavy atom. The Labute approximate surface area is 250 Å². The number of methoxy groups -OCH3 is 3. The number of nitrogens with one attached hydrogen (secondary N) is 2. The van der Waals surface area contributed by atoms with Crippen molar-refractivity contribution in [2.45, 2.75) is 25.9 Å². The zero-order valence-electron chi connectivity index (χ0n) is 24.9. The van der Waals surface area contributed by atoms with E-state index < -0.39 is 5.82 Å². The van der Waals surface area contributed by atoms with Crippen molar-refractivity contribution in [1.29, 1.82) is 0 Å². The van der Waals surface area contributed by atoms with Crippen LogP contribution in [0.2, 0.25) is 0 Å². The Kier molecular flexibility index (Phi) is 9.90. The first-order chi connectivity index (χ1) is 21.0. The lowest BCUT2D eigenvalue weighted by molar-refractivity contribution is 0.0776. The van der Waals surface area contributed by atoms with E-state index in [0.717, 1.165) is 38.0 Å². The van der Waals surface area contributed by atoms with E-state index in [0.29, 0.717) is 53.5 Å². The van der Waals surface area contributed by atoms with Crippen LogP contribution >= 0.6 is 0 Å². The summed E-state index contributed by atoms with van der Waals surface area (Å²) in [6, 6.07) is 12.3. The smallest absolute Gasteiger partial charge is 0.295 e. The summed E-state index contributed by atoms with van der Waals surface area (Å²) in [6.45, 7) is 5.97. The van der Waals surface area contributed by atoms with Gasteiger partial charge in [0, 0.05) is 62.9 Å². The van der Waals surface area contributed by atoms with Gasteiger partial charge >= 0.3 is 0 Å². The Hall–Kier alpha value is -4.42. The topological polar surface area (TPSA) is 116 Å². The van der Waals surface area contributed by atoms with Crippen molar-refractivity contribution in [3.8, 4) is 40.0 Å². The summed E-state index contributed by atoms with van der Waals surface area (Å²) >= 11 is 0. The summed E-state index contributed by atoms with van der Waals surface area (Å²) < 4.78 is 43.2. The summed E-state index contributed by atoms with van der Waals surface area (Å²) in [6.07, 6.45) is 3.25. The minimum atomic E-state index is -0.456. The largest absolute Gasteiger partial charge is 0.497 e. The van der Waals surface area contributed by atoms with E-state index in [1.54, 1.807) is 51.8 Å². The van der Waals surface area contributed by atoms with Gasteiger partial charge in [-0.2, -0.15) is 4.98 Å². The molecule has 2 N–H and O–H groups in total. The number of likely N-dealkylation sites (tertiary alicyclic amines) is 1.